The Morgan fingerprint density at radius 1 is 1.07 bits per heavy atom. The summed E-state index contributed by atoms with van der Waals surface area (Å²) in [5, 5.41) is 2.08. The first-order valence-corrected chi connectivity index (χ1v) is 5.00. The topological polar surface area (TPSA) is 3.88 Å². The third-order valence-electron chi connectivity index (χ3n) is 1.69. The van der Waals surface area contributed by atoms with Gasteiger partial charge in [0.25, 0.3) is 0 Å². The smallest absolute Gasteiger partial charge is 0.175 e. The fourth-order valence-corrected chi connectivity index (χ4v) is 1.67. The monoisotopic (exact) mass is 267 g/mol. The number of aromatic nitrogens is 1. The standard InChI is InChI=1S/C11H10NS.BrH/c1-2-7-12(8-3-1)9-6-11-5-4-10-13-11;/h1-10H;1H/q+1;/p-1. The van der Waals surface area contributed by atoms with E-state index >= 15 is 0 Å². The lowest BCUT2D eigenvalue weighted by Crippen LogP contribution is -3.00. The molecule has 2 aromatic heterocycles. The predicted octanol–water partition coefficient (Wildman–Crippen LogP) is -0.333. The molecule has 2 aromatic rings. The highest BCUT2D eigenvalue weighted by Gasteiger charge is 1.91. The molecule has 0 aliphatic heterocycles. The van der Waals surface area contributed by atoms with Gasteiger partial charge < -0.3 is 17.0 Å². The van der Waals surface area contributed by atoms with E-state index in [1.807, 2.05) is 41.4 Å². The third-order valence-corrected chi connectivity index (χ3v) is 2.53. The van der Waals surface area contributed by atoms with Crippen molar-refractivity contribution in [2.24, 2.45) is 0 Å². The van der Waals surface area contributed by atoms with Crippen LogP contribution in [0.5, 0.6) is 0 Å². The number of hydrogen-bond acceptors (Lipinski definition) is 1. The molecule has 3 heteroatoms. The fourth-order valence-electron chi connectivity index (χ4n) is 1.06. The lowest BCUT2D eigenvalue weighted by Gasteiger charge is -1.84. The molecule has 0 saturated carbocycles. The van der Waals surface area contributed by atoms with Gasteiger partial charge >= 0.3 is 0 Å². The van der Waals surface area contributed by atoms with Crippen molar-refractivity contribution in [3.63, 3.8) is 0 Å². The van der Waals surface area contributed by atoms with Crippen molar-refractivity contribution in [1.29, 1.82) is 0 Å². The van der Waals surface area contributed by atoms with Crippen LogP contribution in [0.25, 0.3) is 12.3 Å². The Morgan fingerprint density at radius 3 is 2.50 bits per heavy atom. The zero-order valence-corrected chi connectivity index (χ0v) is 9.91. The second-order valence-corrected chi connectivity index (χ2v) is 3.63. The summed E-state index contributed by atoms with van der Waals surface area (Å²) in [7, 11) is 0. The van der Waals surface area contributed by atoms with E-state index in [-0.39, 0.29) is 17.0 Å². The van der Waals surface area contributed by atoms with E-state index in [1.54, 1.807) is 11.3 Å². The zero-order chi connectivity index (χ0) is 8.93. The van der Waals surface area contributed by atoms with E-state index < -0.39 is 0 Å². The van der Waals surface area contributed by atoms with Crippen LogP contribution in [0.1, 0.15) is 4.88 Å². The van der Waals surface area contributed by atoms with Crippen molar-refractivity contribution in [1.82, 2.24) is 0 Å². The third kappa shape index (κ3) is 3.09. The highest BCUT2D eigenvalue weighted by Crippen LogP contribution is 2.09. The van der Waals surface area contributed by atoms with Crippen LogP contribution in [0.15, 0.2) is 48.1 Å². The molecule has 1 nitrogen and oxygen atoms in total. The van der Waals surface area contributed by atoms with E-state index in [0.717, 1.165) is 0 Å². The van der Waals surface area contributed by atoms with Crippen molar-refractivity contribution >= 4 is 23.6 Å². The fraction of sp³-hybridized carbons (Fsp3) is 0. The first-order valence-electron chi connectivity index (χ1n) is 4.13. The first-order chi connectivity index (χ1) is 6.45. The molecule has 0 unspecified atom stereocenters. The normalized spacial score (nSPS) is 10.0. The summed E-state index contributed by atoms with van der Waals surface area (Å²) in [5.41, 5.74) is 0. The number of pyridine rings is 1. The maximum atomic E-state index is 2.10. The van der Waals surface area contributed by atoms with E-state index in [2.05, 4.69) is 23.6 Å². The highest BCUT2D eigenvalue weighted by molar-refractivity contribution is 7.10. The Hall–Kier alpha value is -0.930. The van der Waals surface area contributed by atoms with E-state index in [0.29, 0.717) is 0 Å². The summed E-state index contributed by atoms with van der Waals surface area (Å²) in [5.74, 6) is 0. The van der Waals surface area contributed by atoms with Gasteiger partial charge in [-0.3, -0.25) is 0 Å². The summed E-state index contributed by atoms with van der Waals surface area (Å²) in [4.78, 5) is 1.27. The van der Waals surface area contributed by atoms with Crippen LogP contribution in [0.2, 0.25) is 0 Å². The number of halogens is 1. The lowest BCUT2D eigenvalue weighted by molar-refractivity contribution is -0.567. The summed E-state index contributed by atoms with van der Waals surface area (Å²) >= 11 is 1.74. The molecule has 0 aliphatic rings. The highest BCUT2D eigenvalue weighted by atomic mass is 79.9. The van der Waals surface area contributed by atoms with Crippen molar-refractivity contribution < 1.29 is 21.5 Å². The molecule has 0 saturated heterocycles. The molecule has 0 amide bonds. The van der Waals surface area contributed by atoms with Crippen LogP contribution in [-0.4, -0.2) is 0 Å². The SMILES string of the molecule is C(=C[n+]1ccccc1)c1cccs1.[Br-]. The van der Waals surface area contributed by atoms with Crippen LogP contribution >= 0.6 is 11.3 Å². The summed E-state index contributed by atoms with van der Waals surface area (Å²) in [6, 6.07) is 10.2. The molecule has 0 N–H and O–H groups in total. The van der Waals surface area contributed by atoms with Crippen LogP contribution in [0.3, 0.4) is 0 Å². The molecule has 72 valence electrons. The minimum absolute atomic E-state index is 0. The van der Waals surface area contributed by atoms with Gasteiger partial charge in [0, 0.05) is 23.1 Å². The minimum atomic E-state index is 0. The van der Waals surface area contributed by atoms with Crippen LogP contribution in [0.4, 0.5) is 0 Å². The van der Waals surface area contributed by atoms with Gasteiger partial charge in [0.1, 0.15) is 0 Å². The second-order valence-electron chi connectivity index (χ2n) is 2.65. The molecule has 2 rings (SSSR count). The molecule has 0 radical (unpaired) electrons. The average molecular weight is 268 g/mol. The van der Waals surface area contributed by atoms with Crippen molar-refractivity contribution in [3.05, 3.63) is 53.0 Å². The molecule has 2 heterocycles. The van der Waals surface area contributed by atoms with Gasteiger partial charge in [0.2, 0.25) is 0 Å². The van der Waals surface area contributed by atoms with Gasteiger partial charge in [0.05, 0.1) is 0 Å². The van der Waals surface area contributed by atoms with Gasteiger partial charge in [-0.15, -0.1) is 11.3 Å². The maximum Gasteiger partial charge on any atom is 0.175 e. The quantitative estimate of drug-likeness (QED) is 0.657. The molecule has 0 spiro atoms. The van der Waals surface area contributed by atoms with E-state index in [1.165, 1.54) is 4.88 Å². The van der Waals surface area contributed by atoms with E-state index in [4.69, 9.17) is 0 Å². The van der Waals surface area contributed by atoms with Gasteiger partial charge in [-0.25, -0.2) is 0 Å². The number of rotatable bonds is 2. The Kier molecular flexibility index (Phi) is 4.56. The molecule has 0 fully saturated rings. The summed E-state index contributed by atoms with van der Waals surface area (Å²) in [6.07, 6.45) is 8.19. The maximum absolute atomic E-state index is 2.10. The number of hydrogen-bond donors (Lipinski definition) is 0. The molecule has 0 aliphatic carbocycles. The van der Waals surface area contributed by atoms with Crippen molar-refractivity contribution in [3.8, 4) is 0 Å². The van der Waals surface area contributed by atoms with Crippen LogP contribution < -0.4 is 21.5 Å². The zero-order valence-electron chi connectivity index (χ0n) is 7.51. The molecule has 0 bridgehead atoms. The van der Waals surface area contributed by atoms with Gasteiger partial charge in [-0.1, -0.05) is 12.1 Å². The largest absolute Gasteiger partial charge is 1.00 e. The number of thiophene rings is 1. The molecule has 14 heavy (non-hydrogen) atoms. The van der Waals surface area contributed by atoms with Gasteiger partial charge in [-0.2, -0.15) is 4.57 Å². The molecular formula is C11H10BrNS. The Balaban J connectivity index is 0.000000980. The first kappa shape index (κ1) is 11.1. The Bertz CT molecular complexity index is 381. The summed E-state index contributed by atoms with van der Waals surface area (Å²) in [6.45, 7) is 0. The minimum Gasteiger partial charge on any atom is -1.00 e. The lowest BCUT2D eigenvalue weighted by atomic mass is 10.4. The molecule has 0 atom stereocenters. The van der Waals surface area contributed by atoms with Gasteiger partial charge in [-0.05, 0) is 11.4 Å². The Morgan fingerprint density at radius 2 is 1.86 bits per heavy atom. The summed E-state index contributed by atoms with van der Waals surface area (Å²) < 4.78 is 2.03. The van der Waals surface area contributed by atoms with Crippen LogP contribution in [-0.2, 0) is 0 Å². The number of nitrogens with zero attached hydrogens (tertiary/aromatic N) is 1. The molecular weight excluding hydrogens is 258 g/mol. The second kappa shape index (κ2) is 5.73. The molecule has 0 aromatic carbocycles. The average Bonchev–Trinajstić information content (AvgIpc) is 2.69. The van der Waals surface area contributed by atoms with Crippen molar-refractivity contribution in [2.45, 2.75) is 0 Å². The van der Waals surface area contributed by atoms with Gasteiger partial charge in [0.15, 0.2) is 18.6 Å². The Labute approximate surface area is 98.1 Å². The van der Waals surface area contributed by atoms with Crippen molar-refractivity contribution in [2.75, 3.05) is 0 Å². The van der Waals surface area contributed by atoms with E-state index in [9.17, 15) is 0 Å². The predicted molar refractivity (Wildman–Crippen MR) is 56.2 cm³/mol. The van der Waals surface area contributed by atoms with Crippen LogP contribution in [0, 0.1) is 0 Å².